The minimum Gasteiger partial charge on any atom is -0.358 e. The quantitative estimate of drug-likeness (QED) is 0.255. The van der Waals surface area contributed by atoms with Crippen molar-refractivity contribution in [3.8, 4) is 0 Å². The fourth-order valence-corrected chi connectivity index (χ4v) is 4.60. The fourth-order valence-electron chi connectivity index (χ4n) is 4.60. The Bertz CT molecular complexity index is 727. The Balaban J connectivity index is 0.00000385. The molecule has 0 bridgehead atoms. The van der Waals surface area contributed by atoms with E-state index in [1.54, 1.807) is 7.05 Å². The Morgan fingerprint density at radius 1 is 1.00 bits per heavy atom. The van der Waals surface area contributed by atoms with Gasteiger partial charge in [0.1, 0.15) is 0 Å². The van der Waals surface area contributed by atoms with E-state index in [1.165, 1.54) is 49.9 Å². The monoisotopic (exact) mass is 570 g/mol. The molecule has 0 radical (unpaired) electrons. The van der Waals surface area contributed by atoms with E-state index < -0.39 is 0 Å². The number of carbonyl (C=O) groups is 1. The molecule has 2 aliphatic rings. The van der Waals surface area contributed by atoms with Crippen LogP contribution in [0.15, 0.2) is 29.3 Å². The van der Waals surface area contributed by atoms with Crippen molar-refractivity contribution in [3.05, 3.63) is 35.4 Å². The molecule has 3 rings (SSSR count). The molecule has 0 atom stereocenters. The minimum atomic E-state index is 0. The molecule has 7 nitrogen and oxygen atoms in total. The average molecular weight is 571 g/mol. The van der Waals surface area contributed by atoms with Crippen LogP contribution in [0.4, 0.5) is 0 Å². The second-order valence-electron chi connectivity index (χ2n) is 9.02. The van der Waals surface area contributed by atoms with E-state index >= 15 is 0 Å². The van der Waals surface area contributed by atoms with Crippen LogP contribution in [0, 0.1) is 0 Å². The number of amides is 1. The van der Waals surface area contributed by atoms with Crippen LogP contribution in [0.5, 0.6) is 0 Å². The number of nitrogens with zero attached hydrogens (tertiary/aromatic N) is 3. The lowest BCUT2D eigenvalue weighted by molar-refractivity contribution is -0.122. The van der Waals surface area contributed by atoms with Crippen molar-refractivity contribution < 1.29 is 4.79 Å². The van der Waals surface area contributed by atoms with Crippen molar-refractivity contribution in [2.24, 2.45) is 4.99 Å². The van der Waals surface area contributed by atoms with Gasteiger partial charge in [-0.2, -0.15) is 0 Å². The molecule has 0 spiro atoms. The van der Waals surface area contributed by atoms with E-state index in [0.717, 1.165) is 45.0 Å². The minimum absolute atomic E-state index is 0. The maximum absolute atomic E-state index is 11.6. The molecular weight excluding hydrogens is 527 g/mol. The highest BCUT2D eigenvalue weighted by molar-refractivity contribution is 14.0. The van der Waals surface area contributed by atoms with Crippen LogP contribution in [-0.4, -0.2) is 74.0 Å². The van der Waals surface area contributed by atoms with Gasteiger partial charge in [-0.25, -0.2) is 4.99 Å². The number of aliphatic imine (C=N–C) groups is 1. The number of nitrogens with one attached hydrogen (secondary N) is 3. The molecule has 0 unspecified atom stereocenters. The number of carbonyl (C=O) groups excluding carboxylic acids is 1. The van der Waals surface area contributed by atoms with Crippen molar-refractivity contribution in [1.29, 1.82) is 0 Å². The maximum atomic E-state index is 11.6. The Morgan fingerprint density at radius 2 is 1.67 bits per heavy atom. The van der Waals surface area contributed by atoms with Crippen LogP contribution in [-0.2, 0) is 17.9 Å². The summed E-state index contributed by atoms with van der Waals surface area (Å²) in [7, 11) is 1.70. The summed E-state index contributed by atoms with van der Waals surface area (Å²) in [5.41, 5.74) is 2.71. The van der Waals surface area contributed by atoms with Crippen molar-refractivity contribution in [2.75, 3.05) is 46.3 Å². The molecule has 2 heterocycles. The highest BCUT2D eigenvalue weighted by atomic mass is 127. The molecular formula is C25H43IN6O. The summed E-state index contributed by atoms with van der Waals surface area (Å²) in [5, 5.41) is 9.75. The summed E-state index contributed by atoms with van der Waals surface area (Å²) < 4.78 is 0. The first kappa shape index (κ1) is 27.9. The third kappa shape index (κ3) is 9.78. The van der Waals surface area contributed by atoms with Gasteiger partial charge in [0.2, 0.25) is 5.91 Å². The smallest absolute Gasteiger partial charge is 0.233 e. The number of benzene rings is 1. The van der Waals surface area contributed by atoms with Gasteiger partial charge in [-0.3, -0.25) is 14.6 Å². The zero-order chi connectivity index (χ0) is 22.6. The van der Waals surface area contributed by atoms with E-state index in [1.807, 2.05) is 0 Å². The Morgan fingerprint density at radius 3 is 2.30 bits per heavy atom. The number of piperidine rings is 1. The molecule has 1 amide bonds. The van der Waals surface area contributed by atoms with E-state index in [4.69, 9.17) is 4.99 Å². The summed E-state index contributed by atoms with van der Waals surface area (Å²) in [6.07, 6.45) is 7.41. The zero-order valence-electron chi connectivity index (χ0n) is 20.4. The first-order chi connectivity index (χ1) is 15.7. The molecule has 3 N–H and O–H groups in total. The van der Waals surface area contributed by atoms with Crippen LogP contribution in [0.3, 0.4) is 0 Å². The van der Waals surface area contributed by atoms with E-state index in [2.05, 4.69) is 56.9 Å². The zero-order valence-corrected chi connectivity index (χ0v) is 22.8. The SMILES string of the molecule is CCNC(=NCc1ccccc1CN1CCCCCC1)NC1CCN(CC(=O)NC)CC1.I. The molecule has 0 aromatic heterocycles. The topological polar surface area (TPSA) is 72.0 Å². The predicted octanol–water partition coefficient (Wildman–Crippen LogP) is 2.95. The first-order valence-electron chi connectivity index (χ1n) is 12.4. The van der Waals surface area contributed by atoms with Gasteiger partial charge >= 0.3 is 0 Å². The summed E-state index contributed by atoms with van der Waals surface area (Å²) >= 11 is 0. The average Bonchev–Trinajstić information content (AvgIpc) is 3.08. The number of hydrogen-bond donors (Lipinski definition) is 3. The maximum Gasteiger partial charge on any atom is 0.233 e. The number of hydrogen-bond acceptors (Lipinski definition) is 4. The van der Waals surface area contributed by atoms with Gasteiger partial charge in [0.15, 0.2) is 5.96 Å². The van der Waals surface area contributed by atoms with E-state index in [9.17, 15) is 4.79 Å². The van der Waals surface area contributed by atoms with Crippen molar-refractivity contribution >= 4 is 35.8 Å². The third-order valence-electron chi connectivity index (χ3n) is 6.54. The Labute approximate surface area is 217 Å². The lowest BCUT2D eigenvalue weighted by Crippen LogP contribution is -2.50. The number of likely N-dealkylation sites (tertiary alicyclic amines) is 2. The first-order valence-corrected chi connectivity index (χ1v) is 12.4. The van der Waals surface area contributed by atoms with Crippen molar-refractivity contribution in [3.63, 3.8) is 0 Å². The number of halogens is 1. The van der Waals surface area contributed by atoms with Gasteiger partial charge in [-0.05, 0) is 56.8 Å². The normalized spacial score (nSPS) is 18.8. The van der Waals surface area contributed by atoms with Crippen molar-refractivity contribution in [1.82, 2.24) is 25.8 Å². The standard InChI is InChI=1S/C25H42N6O.HI/c1-3-27-25(29-23-12-16-31(17-13-23)20-24(32)26-2)28-18-21-10-6-7-11-22(21)19-30-14-8-4-5-9-15-30;/h6-7,10-11,23H,3-5,8-9,12-20H2,1-2H3,(H,26,32)(H2,27,28,29);1H. The molecule has 1 aromatic rings. The Hall–Kier alpha value is -1.39. The summed E-state index contributed by atoms with van der Waals surface area (Å²) in [6.45, 7) is 9.44. The Kier molecular flexibility index (Phi) is 13.1. The number of rotatable bonds is 8. The van der Waals surface area contributed by atoms with Crippen LogP contribution in [0.25, 0.3) is 0 Å². The van der Waals surface area contributed by atoms with E-state index in [0.29, 0.717) is 19.1 Å². The second-order valence-corrected chi connectivity index (χ2v) is 9.02. The van der Waals surface area contributed by atoms with Crippen LogP contribution >= 0.6 is 24.0 Å². The van der Waals surface area contributed by atoms with Gasteiger partial charge < -0.3 is 16.0 Å². The molecule has 2 fully saturated rings. The van der Waals surface area contributed by atoms with Gasteiger partial charge in [0, 0.05) is 39.3 Å². The van der Waals surface area contributed by atoms with Gasteiger partial charge in [0.05, 0.1) is 13.1 Å². The van der Waals surface area contributed by atoms with Crippen LogP contribution in [0.1, 0.15) is 56.6 Å². The fraction of sp³-hybridized carbons (Fsp3) is 0.680. The predicted molar refractivity (Wildman–Crippen MR) is 147 cm³/mol. The summed E-state index contributed by atoms with van der Waals surface area (Å²) in [5.74, 6) is 0.979. The highest BCUT2D eigenvalue weighted by Crippen LogP contribution is 2.17. The molecule has 2 aliphatic heterocycles. The third-order valence-corrected chi connectivity index (χ3v) is 6.54. The number of guanidine groups is 1. The lowest BCUT2D eigenvalue weighted by atomic mass is 10.1. The van der Waals surface area contributed by atoms with Crippen LogP contribution < -0.4 is 16.0 Å². The lowest BCUT2D eigenvalue weighted by Gasteiger charge is -2.32. The second kappa shape index (κ2) is 15.5. The molecule has 186 valence electrons. The van der Waals surface area contributed by atoms with Crippen LogP contribution in [0.2, 0.25) is 0 Å². The molecule has 33 heavy (non-hydrogen) atoms. The van der Waals surface area contributed by atoms with E-state index in [-0.39, 0.29) is 29.9 Å². The van der Waals surface area contributed by atoms with Gasteiger partial charge in [-0.15, -0.1) is 24.0 Å². The molecule has 8 heteroatoms. The summed E-state index contributed by atoms with van der Waals surface area (Å²) in [6, 6.07) is 9.15. The molecule has 0 aliphatic carbocycles. The highest BCUT2D eigenvalue weighted by Gasteiger charge is 2.21. The summed E-state index contributed by atoms with van der Waals surface area (Å²) in [4.78, 5) is 21.4. The van der Waals surface area contributed by atoms with Crippen molar-refractivity contribution in [2.45, 2.75) is 64.6 Å². The molecule has 1 aromatic carbocycles. The molecule has 0 saturated carbocycles. The molecule has 2 saturated heterocycles. The van der Waals surface area contributed by atoms with Gasteiger partial charge in [0.25, 0.3) is 0 Å². The largest absolute Gasteiger partial charge is 0.358 e. The van der Waals surface area contributed by atoms with Gasteiger partial charge in [-0.1, -0.05) is 37.1 Å². The number of likely N-dealkylation sites (N-methyl/N-ethyl adjacent to an activating group) is 1.